The molecule has 2 unspecified atom stereocenters. The zero-order chi connectivity index (χ0) is 15.9. The molecule has 0 spiro atoms. The maximum Gasteiger partial charge on any atom is 0.00650 e. The summed E-state index contributed by atoms with van der Waals surface area (Å²) in [5, 5.41) is 2.82. The Kier molecular flexibility index (Phi) is 3.16. The predicted molar refractivity (Wildman–Crippen MR) is 104 cm³/mol. The lowest BCUT2D eigenvalue weighted by molar-refractivity contribution is 0.813. The van der Waals surface area contributed by atoms with Gasteiger partial charge in [-0.25, -0.2) is 0 Å². The number of hydrogen-bond donors (Lipinski definition) is 0. The van der Waals surface area contributed by atoms with Gasteiger partial charge in [-0.1, -0.05) is 85.0 Å². The van der Waals surface area contributed by atoms with E-state index in [1.165, 1.54) is 21.9 Å². The molecule has 0 heterocycles. The predicted octanol–water partition coefficient (Wildman–Crippen LogP) is 6.33. The van der Waals surface area contributed by atoms with Gasteiger partial charge in [-0.15, -0.1) is 0 Å². The van der Waals surface area contributed by atoms with Gasteiger partial charge < -0.3 is 0 Å². The fraction of sp³-hybridized carbons (Fsp3) is 0.167. The summed E-state index contributed by atoms with van der Waals surface area (Å²) in [6, 6.07) is 13.6. The van der Waals surface area contributed by atoms with Crippen LogP contribution in [0.3, 0.4) is 0 Å². The van der Waals surface area contributed by atoms with Crippen molar-refractivity contribution in [2.45, 2.75) is 12.8 Å². The van der Waals surface area contributed by atoms with Crippen LogP contribution < -0.4 is 0 Å². The Labute approximate surface area is 143 Å². The maximum atomic E-state index is 2.38. The molecule has 2 atom stereocenters. The molecular weight excluding hydrogens is 288 g/mol. The van der Waals surface area contributed by atoms with E-state index in [-0.39, 0.29) is 0 Å². The van der Waals surface area contributed by atoms with E-state index in [9.17, 15) is 0 Å². The third kappa shape index (κ3) is 1.99. The average molecular weight is 308 g/mol. The summed E-state index contributed by atoms with van der Waals surface area (Å²) in [4.78, 5) is 0. The highest BCUT2D eigenvalue weighted by Crippen LogP contribution is 2.50. The lowest BCUT2D eigenvalue weighted by atomic mass is 9.81. The van der Waals surface area contributed by atoms with E-state index < -0.39 is 0 Å². The Balaban J connectivity index is 1.78. The second kappa shape index (κ2) is 5.49. The summed E-state index contributed by atoms with van der Waals surface area (Å²) in [5.41, 5.74) is 6.00. The highest BCUT2D eigenvalue weighted by Gasteiger charge is 2.31. The fourth-order valence-electron chi connectivity index (χ4n) is 4.47. The van der Waals surface area contributed by atoms with Crippen LogP contribution in [0.4, 0.5) is 0 Å². The number of allylic oxidation sites excluding steroid dienone is 10. The molecule has 3 aliphatic carbocycles. The molecule has 24 heavy (non-hydrogen) atoms. The second-order valence-electron chi connectivity index (χ2n) is 6.85. The quantitative estimate of drug-likeness (QED) is 0.608. The summed E-state index contributed by atoms with van der Waals surface area (Å²) in [5.74, 6) is 0.976. The summed E-state index contributed by atoms with van der Waals surface area (Å²) < 4.78 is 0. The lowest BCUT2D eigenvalue weighted by Crippen LogP contribution is -2.07. The molecule has 116 valence electrons. The summed E-state index contributed by atoms with van der Waals surface area (Å²) in [7, 11) is 0. The van der Waals surface area contributed by atoms with Gasteiger partial charge in [0.25, 0.3) is 0 Å². The first-order valence-corrected chi connectivity index (χ1v) is 8.87. The maximum absolute atomic E-state index is 2.38. The van der Waals surface area contributed by atoms with Gasteiger partial charge in [-0.3, -0.25) is 0 Å². The van der Waals surface area contributed by atoms with Crippen molar-refractivity contribution >= 4 is 21.9 Å². The van der Waals surface area contributed by atoms with Gasteiger partial charge in [0.1, 0.15) is 0 Å². The zero-order valence-corrected chi connectivity index (χ0v) is 13.7. The largest absolute Gasteiger partial charge is 0.0836 e. The van der Waals surface area contributed by atoms with Crippen molar-refractivity contribution in [1.82, 2.24) is 0 Å². The van der Waals surface area contributed by atoms with Crippen molar-refractivity contribution in [3.8, 4) is 0 Å². The normalized spacial score (nSPS) is 24.3. The first-order valence-electron chi connectivity index (χ1n) is 8.87. The van der Waals surface area contributed by atoms with E-state index in [1.54, 1.807) is 11.1 Å². The second-order valence-corrected chi connectivity index (χ2v) is 6.85. The van der Waals surface area contributed by atoms with E-state index in [0.29, 0.717) is 11.8 Å². The standard InChI is InChI=1S/C24H20/c1-3-9-18(10-4-1)23-20-15-7-13-17-14-8-16-21(22(17)20)24(23)19-11-5-2-6-12-19/h1-9,11,13-16,18-19H,10,12H2. The molecule has 0 heteroatoms. The molecule has 0 fully saturated rings. The minimum atomic E-state index is 0.488. The summed E-state index contributed by atoms with van der Waals surface area (Å²) >= 11 is 0. The topological polar surface area (TPSA) is 0 Å². The van der Waals surface area contributed by atoms with E-state index in [4.69, 9.17) is 0 Å². The molecule has 0 aliphatic heterocycles. The van der Waals surface area contributed by atoms with E-state index in [0.717, 1.165) is 12.8 Å². The molecule has 0 N–H and O–H groups in total. The van der Waals surface area contributed by atoms with Crippen molar-refractivity contribution < 1.29 is 0 Å². The van der Waals surface area contributed by atoms with Crippen LogP contribution >= 0.6 is 0 Å². The monoisotopic (exact) mass is 308 g/mol. The fourth-order valence-corrected chi connectivity index (χ4v) is 4.47. The van der Waals surface area contributed by atoms with Crippen molar-refractivity contribution in [3.05, 3.63) is 96.1 Å². The van der Waals surface area contributed by atoms with Crippen molar-refractivity contribution in [2.24, 2.45) is 11.8 Å². The Hall–Kier alpha value is -2.60. The Bertz CT molecular complexity index is 888. The Morgan fingerprint density at radius 2 is 1.17 bits per heavy atom. The molecule has 0 bridgehead atoms. The van der Waals surface area contributed by atoms with Gasteiger partial charge in [0.2, 0.25) is 0 Å². The van der Waals surface area contributed by atoms with Gasteiger partial charge >= 0.3 is 0 Å². The van der Waals surface area contributed by atoms with Crippen LogP contribution in [0.15, 0.2) is 85.0 Å². The van der Waals surface area contributed by atoms with Crippen molar-refractivity contribution in [3.63, 3.8) is 0 Å². The van der Waals surface area contributed by atoms with Crippen LogP contribution in [0.25, 0.3) is 21.9 Å². The van der Waals surface area contributed by atoms with E-state index in [2.05, 4.69) is 85.0 Å². The Morgan fingerprint density at radius 1 is 0.625 bits per heavy atom. The molecule has 0 aromatic heterocycles. The smallest absolute Gasteiger partial charge is 0.00650 e. The van der Waals surface area contributed by atoms with Crippen molar-refractivity contribution in [2.75, 3.05) is 0 Å². The lowest BCUT2D eigenvalue weighted by Gasteiger charge is -2.23. The van der Waals surface area contributed by atoms with Gasteiger partial charge in [0.05, 0.1) is 0 Å². The van der Waals surface area contributed by atoms with Gasteiger partial charge in [-0.2, -0.15) is 0 Å². The molecule has 0 saturated heterocycles. The van der Waals surface area contributed by atoms with Crippen LogP contribution in [-0.4, -0.2) is 0 Å². The first kappa shape index (κ1) is 13.8. The van der Waals surface area contributed by atoms with Gasteiger partial charge in [0, 0.05) is 11.8 Å². The average Bonchev–Trinajstić information content (AvgIpc) is 3.00. The van der Waals surface area contributed by atoms with Crippen LogP contribution in [0.5, 0.6) is 0 Å². The molecule has 2 aromatic rings. The highest BCUT2D eigenvalue weighted by molar-refractivity contribution is 6.15. The minimum absolute atomic E-state index is 0.488. The van der Waals surface area contributed by atoms with Crippen molar-refractivity contribution in [1.29, 1.82) is 0 Å². The highest BCUT2D eigenvalue weighted by atomic mass is 14.3. The minimum Gasteiger partial charge on any atom is -0.0836 e. The van der Waals surface area contributed by atoms with E-state index in [1.807, 2.05) is 0 Å². The van der Waals surface area contributed by atoms with Crippen LogP contribution in [-0.2, 0) is 0 Å². The first-order chi connectivity index (χ1) is 11.9. The number of rotatable bonds is 2. The third-order valence-corrected chi connectivity index (χ3v) is 5.48. The molecular formula is C24H20. The molecule has 2 aromatic carbocycles. The molecule has 0 nitrogen and oxygen atoms in total. The summed E-state index contributed by atoms with van der Waals surface area (Å²) in [6.45, 7) is 0. The number of benzene rings is 2. The van der Waals surface area contributed by atoms with Crippen LogP contribution in [0.1, 0.15) is 24.0 Å². The molecule has 3 aliphatic rings. The van der Waals surface area contributed by atoms with Gasteiger partial charge in [-0.05, 0) is 45.9 Å². The Morgan fingerprint density at radius 3 is 1.62 bits per heavy atom. The molecule has 5 rings (SSSR count). The molecule has 0 amide bonds. The molecule has 0 radical (unpaired) electrons. The van der Waals surface area contributed by atoms with Crippen LogP contribution in [0.2, 0.25) is 0 Å². The zero-order valence-electron chi connectivity index (χ0n) is 13.7. The summed E-state index contributed by atoms with van der Waals surface area (Å²) in [6.07, 6.45) is 20.3. The van der Waals surface area contributed by atoms with Gasteiger partial charge in [0.15, 0.2) is 0 Å². The molecule has 0 saturated carbocycles. The number of hydrogen-bond acceptors (Lipinski definition) is 0. The van der Waals surface area contributed by atoms with E-state index >= 15 is 0 Å². The third-order valence-electron chi connectivity index (χ3n) is 5.48. The van der Waals surface area contributed by atoms with Crippen LogP contribution in [0, 0.1) is 11.8 Å². The SMILES string of the molecule is C1=CCC(C2=C(C3C=CC=CC3)c3cccc4cccc2c34)C=C1.